The molecule has 1 aromatic carbocycles. The number of piperidine rings is 1. The van der Waals surface area contributed by atoms with Gasteiger partial charge in [-0.3, -0.25) is 19.8 Å². The van der Waals surface area contributed by atoms with Crippen molar-refractivity contribution in [1.82, 2.24) is 9.80 Å². The van der Waals surface area contributed by atoms with Crippen molar-refractivity contribution < 1.29 is 19.6 Å². The Bertz CT molecular complexity index is 570. The number of benzene rings is 1. The summed E-state index contributed by atoms with van der Waals surface area (Å²) in [5, 5.41) is 19.4. The number of nitro groups is 1. The predicted molar refractivity (Wildman–Crippen MR) is 92.9 cm³/mol. The monoisotopic (exact) mass is 351 g/mol. The van der Waals surface area contributed by atoms with E-state index in [-0.39, 0.29) is 12.2 Å². The minimum absolute atomic E-state index is 0.0584. The number of hydrogen-bond acceptors (Lipinski definition) is 6. The van der Waals surface area contributed by atoms with E-state index < -0.39 is 10.9 Å². The average Bonchev–Trinajstić information content (AvgIpc) is 2.59. The Hall–Kier alpha value is -2.19. The lowest BCUT2D eigenvalue weighted by molar-refractivity contribution is -0.384. The van der Waals surface area contributed by atoms with E-state index in [1.54, 1.807) is 12.1 Å². The second-order valence-corrected chi connectivity index (χ2v) is 6.33. The lowest BCUT2D eigenvalue weighted by Gasteiger charge is -2.36. The highest BCUT2D eigenvalue weighted by atomic mass is 16.6. The van der Waals surface area contributed by atoms with E-state index >= 15 is 0 Å². The first-order chi connectivity index (χ1) is 12.0. The molecule has 1 aliphatic heterocycles. The highest BCUT2D eigenvalue weighted by molar-refractivity contribution is 5.69. The molecule has 0 bridgehead atoms. The summed E-state index contributed by atoms with van der Waals surface area (Å²) >= 11 is 0. The third-order valence-electron chi connectivity index (χ3n) is 4.50. The van der Waals surface area contributed by atoms with Crippen LogP contribution < -0.4 is 4.74 Å². The van der Waals surface area contributed by atoms with Crippen LogP contribution in [0.3, 0.4) is 0 Å². The highest BCUT2D eigenvalue weighted by Crippen LogP contribution is 2.18. The Morgan fingerprint density at radius 3 is 2.56 bits per heavy atom. The summed E-state index contributed by atoms with van der Waals surface area (Å²) in [5.41, 5.74) is 0.0584. The first-order valence-corrected chi connectivity index (χ1v) is 8.47. The zero-order chi connectivity index (χ0) is 18.2. The number of rotatable bonds is 9. The third kappa shape index (κ3) is 6.32. The predicted octanol–water partition coefficient (Wildman–Crippen LogP) is 1.84. The van der Waals surface area contributed by atoms with Crippen LogP contribution in [0.4, 0.5) is 5.69 Å². The molecule has 0 amide bonds. The number of nitrogens with zero attached hydrogens (tertiary/aromatic N) is 3. The molecule has 8 heteroatoms. The van der Waals surface area contributed by atoms with Crippen LogP contribution in [-0.4, -0.2) is 71.7 Å². The minimum atomic E-state index is -0.784. The van der Waals surface area contributed by atoms with Gasteiger partial charge in [0.2, 0.25) is 0 Å². The molecule has 0 saturated carbocycles. The molecular weight excluding hydrogens is 326 g/mol. The third-order valence-corrected chi connectivity index (χ3v) is 4.50. The summed E-state index contributed by atoms with van der Waals surface area (Å²) in [4.78, 5) is 25.2. The maximum absolute atomic E-state index is 10.8. The normalized spacial score (nSPS) is 16.1. The Morgan fingerprint density at radius 2 is 2.00 bits per heavy atom. The number of carbonyl (C=O) groups is 1. The summed E-state index contributed by atoms with van der Waals surface area (Å²) in [5.74, 6) is -0.145. The Morgan fingerprint density at radius 1 is 1.36 bits per heavy atom. The summed E-state index contributed by atoms with van der Waals surface area (Å²) in [7, 11) is 1.87. The fourth-order valence-corrected chi connectivity index (χ4v) is 3.07. The van der Waals surface area contributed by atoms with Crippen LogP contribution in [0.1, 0.15) is 19.3 Å². The van der Waals surface area contributed by atoms with Crippen molar-refractivity contribution in [1.29, 1.82) is 0 Å². The van der Waals surface area contributed by atoms with Crippen molar-refractivity contribution in [3.63, 3.8) is 0 Å². The molecule has 1 heterocycles. The Kier molecular flexibility index (Phi) is 7.15. The lowest BCUT2D eigenvalue weighted by Crippen LogP contribution is -2.45. The quantitative estimate of drug-likeness (QED) is 0.412. The maximum atomic E-state index is 10.8. The van der Waals surface area contributed by atoms with Crippen LogP contribution in [0, 0.1) is 10.1 Å². The molecule has 0 radical (unpaired) electrons. The van der Waals surface area contributed by atoms with Crippen molar-refractivity contribution in [3.8, 4) is 5.75 Å². The Balaban J connectivity index is 1.61. The van der Waals surface area contributed by atoms with Crippen molar-refractivity contribution >= 4 is 11.7 Å². The van der Waals surface area contributed by atoms with Crippen LogP contribution in [0.5, 0.6) is 5.75 Å². The average molecular weight is 351 g/mol. The number of ether oxygens (including phenoxy) is 1. The summed E-state index contributed by atoms with van der Waals surface area (Å²) in [6.07, 6.45) is 2.84. The van der Waals surface area contributed by atoms with E-state index in [4.69, 9.17) is 9.84 Å². The van der Waals surface area contributed by atoms with Gasteiger partial charge in [-0.15, -0.1) is 0 Å². The van der Waals surface area contributed by atoms with E-state index in [0.29, 0.717) is 18.4 Å². The molecule has 1 N–H and O–H groups in total. The molecule has 25 heavy (non-hydrogen) atoms. The zero-order valence-electron chi connectivity index (χ0n) is 14.5. The zero-order valence-corrected chi connectivity index (χ0v) is 14.5. The topological polar surface area (TPSA) is 96.2 Å². The van der Waals surface area contributed by atoms with Gasteiger partial charge >= 0.3 is 5.97 Å². The molecule has 2 rings (SSSR count). The maximum Gasteiger partial charge on any atom is 0.317 e. The standard InChI is InChI=1S/C17H25N3O5/c1-18(13-17(21)22)14-7-10-19(11-8-14)9-2-12-25-16-5-3-15(4-6-16)20(23)24/h3-6,14H,2,7-13H2,1H3,(H,21,22). The molecule has 0 atom stereocenters. The number of likely N-dealkylation sites (tertiary alicyclic amines) is 1. The van der Waals surface area contributed by atoms with Gasteiger partial charge in [-0.25, -0.2) is 0 Å². The number of aliphatic carboxylic acids is 1. The van der Waals surface area contributed by atoms with Gasteiger partial charge in [-0.2, -0.15) is 0 Å². The molecule has 0 spiro atoms. The van der Waals surface area contributed by atoms with Gasteiger partial charge in [0.25, 0.3) is 5.69 Å². The van der Waals surface area contributed by atoms with Gasteiger partial charge in [-0.05, 0) is 51.5 Å². The van der Waals surface area contributed by atoms with Crippen LogP contribution in [0.15, 0.2) is 24.3 Å². The van der Waals surface area contributed by atoms with Gasteiger partial charge in [0.15, 0.2) is 0 Å². The molecule has 0 aliphatic carbocycles. The fourth-order valence-electron chi connectivity index (χ4n) is 3.07. The number of carboxylic acids is 1. The number of carboxylic acid groups (broad SMARTS) is 1. The Labute approximate surface area is 147 Å². The number of likely N-dealkylation sites (N-methyl/N-ethyl adjacent to an activating group) is 1. The molecule has 1 aromatic rings. The van der Waals surface area contributed by atoms with E-state index in [9.17, 15) is 14.9 Å². The molecule has 1 fully saturated rings. The summed E-state index contributed by atoms with van der Waals surface area (Å²) in [6, 6.07) is 6.44. The van der Waals surface area contributed by atoms with Gasteiger partial charge in [0.05, 0.1) is 18.1 Å². The van der Waals surface area contributed by atoms with Crippen LogP contribution in [0.25, 0.3) is 0 Å². The van der Waals surface area contributed by atoms with Crippen molar-refractivity contribution in [2.75, 3.05) is 39.8 Å². The van der Waals surface area contributed by atoms with Gasteiger partial charge in [0, 0.05) is 24.7 Å². The van der Waals surface area contributed by atoms with Crippen LogP contribution >= 0.6 is 0 Å². The molecule has 0 aromatic heterocycles. The summed E-state index contributed by atoms with van der Waals surface area (Å²) in [6.45, 7) is 3.52. The highest BCUT2D eigenvalue weighted by Gasteiger charge is 2.23. The lowest BCUT2D eigenvalue weighted by atomic mass is 10.0. The van der Waals surface area contributed by atoms with Crippen molar-refractivity contribution in [2.45, 2.75) is 25.3 Å². The fraction of sp³-hybridized carbons (Fsp3) is 0.588. The van der Waals surface area contributed by atoms with Gasteiger partial charge < -0.3 is 14.7 Å². The van der Waals surface area contributed by atoms with Gasteiger partial charge in [-0.1, -0.05) is 0 Å². The first-order valence-electron chi connectivity index (χ1n) is 8.47. The second-order valence-electron chi connectivity index (χ2n) is 6.33. The van der Waals surface area contributed by atoms with Gasteiger partial charge in [0.1, 0.15) is 5.75 Å². The van der Waals surface area contributed by atoms with E-state index in [1.165, 1.54) is 12.1 Å². The largest absolute Gasteiger partial charge is 0.494 e. The first kappa shape index (κ1) is 19.1. The smallest absolute Gasteiger partial charge is 0.317 e. The van der Waals surface area contributed by atoms with Crippen LogP contribution in [0.2, 0.25) is 0 Å². The molecular formula is C17H25N3O5. The second kappa shape index (κ2) is 9.33. The number of hydrogen-bond donors (Lipinski definition) is 1. The minimum Gasteiger partial charge on any atom is -0.494 e. The molecule has 8 nitrogen and oxygen atoms in total. The SMILES string of the molecule is CN(CC(=O)O)C1CCN(CCCOc2ccc([N+](=O)[O-])cc2)CC1. The number of nitro benzene ring substituents is 1. The van der Waals surface area contributed by atoms with E-state index in [2.05, 4.69) is 4.90 Å². The molecule has 1 aliphatic rings. The molecule has 138 valence electrons. The molecule has 0 unspecified atom stereocenters. The van der Waals surface area contributed by atoms with E-state index in [0.717, 1.165) is 38.9 Å². The van der Waals surface area contributed by atoms with Crippen molar-refractivity contribution in [3.05, 3.63) is 34.4 Å². The molecule has 1 saturated heterocycles. The van der Waals surface area contributed by atoms with Crippen LogP contribution in [-0.2, 0) is 4.79 Å². The summed E-state index contributed by atoms with van der Waals surface area (Å²) < 4.78 is 5.61. The number of non-ortho nitro benzene ring substituents is 1. The van der Waals surface area contributed by atoms with Crippen molar-refractivity contribution in [2.24, 2.45) is 0 Å². The van der Waals surface area contributed by atoms with E-state index in [1.807, 2.05) is 11.9 Å².